The molecule has 5 rings (SSSR count). The number of carbonyl (C=O) groups is 3. The lowest BCUT2D eigenvalue weighted by Gasteiger charge is -2.25. The number of methoxy groups -OCH3 is 1. The molecule has 0 radical (unpaired) electrons. The minimum Gasteiger partial charge on any atom is -0.503 e. The molecule has 1 atom stereocenters. The summed E-state index contributed by atoms with van der Waals surface area (Å²) in [7, 11) is 1.49. The van der Waals surface area contributed by atoms with Gasteiger partial charge in [-0.05, 0) is 41.8 Å². The van der Waals surface area contributed by atoms with E-state index in [1.807, 2.05) is 60.7 Å². The molecule has 45 heavy (non-hydrogen) atoms. The highest BCUT2D eigenvalue weighted by Crippen LogP contribution is 2.45. The summed E-state index contributed by atoms with van der Waals surface area (Å²) in [5.74, 6) is -1.93. The Balaban J connectivity index is 1.55. The van der Waals surface area contributed by atoms with Crippen LogP contribution in [-0.4, -0.2) is 41.5 Å². The quantitative estimate of drug-likeness (QED) is 0.107. The van der Waals surface area contributed by atoms with E-state index in [1.165, 1.54) is 24.2 Å². The average molecular weight is 623 g/mol. The number of hydrogen-bond donors (Lipinski definition) is 1. The highest BCUT2D eigenvalue weighted by atomic mass is 32.1. The topological polar surface area (TPSA) is 115 Å². The number of ether oxygens (including phenoxy) is 3. The second-order valence-corrected chi connectivity index (χ2v) is 10.9. The van der Waals surface area contributed by atoms with Crippen molar-refractivity contribution in [2.75, 3.05) is 18.6 Å². The standard InChI is InChI=1S/C35H30N2O7S/c1-4-19-43-34(41)32-22(2)36-35(45-32)37-30(29(31(39)33(37)40)26(38)17-15-23-11-7-5-8-12-23)25-16-18-27(28(20-25)42-3)44-21-24-13-9-6-10-14-24/h4-18,20,30,39H,1,19,21H2,2-3H3/b17-15+. The van der Waals surface area contributed by atoms with E-state index in [-0.39, 0.29) is 22.2 Å². The minimum absolute atomic E-state index is 0.00397. The van der Waals surface area contributed by atoms with Crippen molar-refractivity contribution >= 4 is 40.2 Å². The number of amides is 1. The number of anilines is 1. The van der Waals surface area contributed by atoms with Crippen molar-refractivity contribution in [1.82, 2.24) is 4.98 Å². The zero-order chi connectivity index (χ0) is 31.9. The number of rotatable bonds is 12. The predicted octanol–water partition coefficient (Wildman–Crippen LogP) is 6.56. The Kier molecular flexibility index (Phi) is 9.54. The van der Waals surface area contributed by atoms with Gasteiger partial charge in [0.1, 0.15) is 18.1 Å². The van der Waals surface area contributed by atoms with Gasteiger partial charge in [0, 0.05) is 0 Å². The van der Waals surface area contributed by atoms with E-state index in [0.29, 0.717) is 29.4 Å². The van der Waals surface area contributed by atoms with E-state index in [2.05, 4.69) is 11.6 Å². The second-order valence-electron chi connectivity index (χ2n) is 9.93. The van der Waals surface area contributed by atoms with Gasteiger partial charge < -0.3 is 19.3 Å². The SMILES string of the molecule is C=CCOC(=O)c1sc(N2C(=O)C(O)=C(C(=O)/C=C/c3ccccc3)C2c2ccc(OCc3ccccc3)c(OC)c2)nc1C. The van der Waals surface area contributed by atoms with Crippen LogP contribution in [0.4, 0.5) is 5.13 Å². The van der Waals surface area contributed by atoms with Gasteiger partial charge in [0.15, 0.2) is 28.2 Å². The third kappa shape index (κ3) is 6.71. The van der Waals surface area contributed by atoms with Crippen molar-refractivity contribution in [2.24, 2.45) is 0 Å². The molecule has 0 spiro atoms. The van der Waals surface area contributed by atoms with Crippen LogP contribution in [0, 0.1) is 6.92 Å². The van der Waals surface area contributed by atoms with Crippen LogP contribution in [0.15, 0.2) is 109 Å². The van der Waals surface area contributed by atoms with E-state index >= 15 is 0 Å². The number of aryl methyl sites for hydroxylation is 1. The van der Waals surface area contributed by atoms with Gasteiger partial charge in [-0.25, -0.2) is 9.78 Å². The number of esters is 1. The molecule has 0 saturated heterocycles. The van der Waals surface area contributed by atoms with Gasteiger partial charge in [-0.1, -0.05) is 96.8 Å². The number of carbonyl (C=O) groups excluding carboxylic acids is 3. The van der Waals surface area contributed by atoms with Crippen LogP contribution in [0.2, 0.25) is 0 Å². The third-order valence-corrected chi connectivity index (χ3v) is 8.09. The van der Waals surface area contributed by atoms with E-state index in [0.717, 1.165) is 22.5 Å². The molecular formula is C35H30N2O7S. The van der Waals surface area contributed by atoms with E-state index in [9.17, 15) is 19.5 Å². The van der Waals surface area contributed by atoms with Gasteiger partial charge >= 0.3 is 5.97 Å². The molecule has 9 nitrogen and oxygen atoms in total. The molecule has 1 aromatic heterocycles. The molecule has 1 aliphatic heterocycles. The van der Waals surface area contributed by atoms with Crippen molar-refractivity contribution < 1.29 is 33.7 Å². The molecule has 1 aliphatic rings. The number of thiazole rings is 1. The summed E-state index contributed by atoms with van der Waals surface area (Å²) in [6.07, 6.45) is 4.36. The summed E-state index contributed by atoms with van der Waals surface area (Å²) >= 11 is 0.924. The number of ketones is 1. The lowest BCUT2D eigenvalue weighted by atomic mass is 9.95. The number of aliphatic hydroxyl groups excluding tert-OH is 1. The molecule has 1 N–H and O–H groups in total. The van der Waals surface area contributed by atoms with Gasteiger partial charge in [0.05, 0.1) is 24.4 Å². The smallest absolute Gasteiger partial charge is 0.350 e. The molecule has 2 heterocycles. The molecule has 228 valence electrons. The molecule has 0 aliphatic carbocycles. The first-order valence-corrected chi connectivity index (χ1v) is 14.8. The maximum Gasteiger partial charge on any atom is 0.350 e. The summed E-state index contributed by atoms with van der Waals surface area (Å²) in [6.45, 7) is 5.47. The molecule has 1 unspecified atom stereocenters. The Labute approximate surface area is 264 Å². The average Bonchev–Trinajstić information content (AvgIpc) is 3.58. The van der Waals surface area contributed by atoms with Gasteiger partial charge in [-0.2, -0.15) is 0 Å². The molecule has 0 fully saturated rings. The summed E-state index contributed by atoms with van der Waals surface area (Å²) in [5, 5.41) is 11.2. The number of aromatic nitrogens is 1. The maximum atomic E-state index is 13.7. The lowest BCUT2D eigenvalue weighted by molar-refractivity contribution is -0.117. The summed E-state index contributed by atoms with van der Waals surface area (Å²) in [5.41, 5.74) is 2.38. The highest BCUT2D eigenvalue weighted by Gasteiger charge is 2.45. The van der Waals surface area contributed by atoms with Crippen molar-refractivity contribution in [1.29, 1.82) is 0 Å². The van der Waals surface area contributed by atoms with Crippen LogP contribution in [0.3, 0.4) is 0 Å². The van der Waals surface area contributed by atoms with E-state index < -0.39 is 29.5 Å². The summed E-state index contributed by atoms with van der Waals surface area (Å²) in [6, 6.07) is 22.7. The molecule has 0 saturated carbocycles. The zero-order valence-corrected chi connectivity index (χ0v) is 25.5. The minimum atomic E-state index is -1.09. The van der Waals surface area contributed by atoms with Crippen LogP contribution in [0.25, 0.3) is 6.08 Å². The van der Waals surface area contributed by atoms with Crippen LogP contribution in [0.5, 0.6) is 11.5 Å². The first kappa shape index (κ1) is 31.0. The molecule has 0 bridgehead atoms. The van der Waals surface area contributed by atoms with E-state index in [1.54, 1.807) is 31.2 Å². The summed E-state index contributed by atoms with van der Waals surface area (Å²) in [4.78, 5) is 45.8. The fraction of sp³-hybridized carbons (Fsp3) is 0.143. The Morgan fingerprint density at radius 3 is 2.44 bits per heavy atom. The zero-order valence-electron chi connectivity index (χ0n) is 24.6. The second kappa shape index (κ2) is 13.9. The number of aliphatic hydroxyl groups is 1. The molecular weight excluding hydrogens is 592 g/mol. The largest absolute Gasteiger partial charge is 0.503 e. The first-order valence-electron chi connectivity index (χ1n) is 14.0. The fourth-order valence-electron chi connectivity index (χ4n) is 4.78. The van der Waals surface area contributed by atoms with E-state index in [4.69, 9.17) is 14.2 Å². The van der Waals surface area contributed by atoms with Crippen molar-refractivity contribution in [2.45, 2.75) is 19.6 Å². The van der Waals surface area contributed by atoms with Crippen LogP contribution < -0.4 is 14.4 Å². The Morgan fingerprint density at radius 2 is 1.76 bits per heavy atom. The summed E-state index contributed by atoms with van der Waals surface area (Å²) < 4.78 is 16.8. The van der Waals surface area contributed by atoms with Crippen LogP contribution in [-0.2, 0) is 20.9 Å². The monoisotopic (exact) mass is 622 g/mol. The van der Waals surface area contributed by atoms with Gasteiger partial charge in [-0.15, -0.1) is 0 Å². The van der Waals surface area contributed by atoms with Gasteiger partial charge in [0.2, 0.25) is 0 Å². The highest BCUT2D eigenvalue weighted by molar-refractivity contribution is 7.17. The number of hydrogen-bond acceptors (Lipinski definition) is 9. The van der Waals surface area contributed by atoms with Crippen molar-refractivity contribution in [3.8, 4) is 11.5 Å². The van der Waals surface area contributed by atoms with Crippen molar-refractivity contribution in [3.05, 3.63) is 136 Å². The number of nitrogens with zero attached hydrogens (tertiary/aromatic N) is 2. The first-order chi connectivity index (χ1) is 21.8. The molecule has 1 amide bonds. The van der Waals surface area contributed by atoms with Gasteiger partial charge in [-0.3, -0.25) is 14.5 Å². The number of benzene rings is 3. The van der Waals surface area contributed by atoms with Crippen LogP contribution >= 0.6 is 11.3 Å². The third-order valence-electron chi connectivity index (χ3n) is 6.95. The molecule has 4 aromatic rings. The Bertz CT molecular complexity index is 1800. The Morgan fingerprint density at radius 1 is 1.04 bits per heavy atom. The van der Waals surface area contributed by atoms with Crippen molar-refractivity contribution in [3.63, 3.8) is 0 Å². The predicted molar refractivity (Wildman–Crippen MR) is 171 cm³/mol. The van der Waals surface area contributed by atoms with Crippen LogP contribution in [0.1, 0.15) is 38.1 Å². The lowest BCUT2D eigenvalue weighted by Crippen LogP contribution is -2.30. The normalized spacial score (nSPS) is 14.6. The number of allylic oxidation sites excluding steroid dienone is 1. The molecule has 3 aromatic carbocycles. The fourth-order valence-corrected chi connectivity index (χ4v) is 5.77. The maximum absolute atomic E-state index is 13.7. The Hall–Kier alpha value is -5.48. The van der Waals surface area contributed by atoms with Gasteiger partial charge in [0.25, 0.3) is 5.91 Å². The molecule has 10 heteroatoms.